The molecule has 0 N–H and O–H groups in total. The van der Waals surface area contributed by atoms with E-state index in [2.05, 4.69) is 45.0 Å². The Morgan fingerprint density at radius 3 is 2.58 bits per heavy atom. The summed E-state index contributed by atoms with van der Waals surface area (Å²) in [4.78, 5) is 4.69. The third kappa shape index (κ3) is 3.94. The molecule has 0 bridgehead atoms. The molecule has 0 saturated carbocycles. The van der Waals surface area contributed by atoms with Crippen molar-refractivity contribution in [3.8, 4) is 0 Å². The summed E-state index contributed by atoms with van der Waals surface area (Å²) in [5.74, 6) is 0. The quantitative estimate of drug-likeness (QED) is 0.698. The minimum atomic E-state index is 0.179. The number of aromatic nitrogens is 1. The van der Waals surface area contributed by atoms with Crippen LogP contribution < -0.4 is 0 Å². The first-order valence-electron chi connectivity index (χ1n) is 6.95. The summed E-state index contributed by atoms with van der Waals surface area (Å²) in [7, 11) is 0. The van der Waals surface area contributed by atoms with Crippen LogP contribution >= 0.6 is 11.6 Å². The zero-order valence-electron chi connectivity index (χ0n) is 12.0. The number of pyridine rings is 1. The topological polar surface area (TPSA) is 12.9 Å². The minimum absolute atomic E-state index is 0.179. The number of fused-ring (bicyclic) bond motifs is 1. The molecule has 1 nitrogen and oxygen atoms in total. The Kier molecular flexibility index (Phi) is 4.46. The van der Waals surface area contributed by atoms with Crippen molar-refractivity contribution in [3.05, 3.63) is 42.1 Å². The molecule has 0 saturated heterocycles. The number of hydrogen-bond donors (Lipinski definition) is 0. The van der Waals surface area contributed by atoms with Crippen molar-refractivity contribution in [1.82, 2.24) is 4.98 Å². The molecule has 0 radical (unpaired) electrons. The Morgan fingerprint density at radius 2 is 1.84 bits per heavy atom. The molecule has 1 heterocycles. The number of hydrogen-bond acceptors (Lipinski definition) is 1. The van der Waals surface area contributed by atoms with Gasteiger partial charge >= 0.3 is 0 Å². The highest BCUT2D eigenvalue weighted by atomic mass is 35.5. The predicted octanol–water partition coefficient (Wildman–Crippen LogP) is 5.21. The molecule has 2 rings (SSSR count). The van der Waals surface area contributed by atoms with E-state index in [0.29, 0.717) is 0 Å². The number of halogens is 1. The van der Waals surface area contributed by atoms with Gasteiger partial charge in [-0.15, -0.1) is 11.6 Å². The summed E-state index contributed by atoms with van der Waals surface area (Å²) >= 11 is 6.40. The van der Waals surface area contributed by atoms with Gasteiger partial charge in [-0.1, -0.05) is 45.0 Å². The first-order chi connectivity index (χ1) is 8.97. The molecule has 102 valence electrons. The van der Waals surface area contributed by atoms with Crippen LogP contribution in [-0.2, 0) is 6.42 Å². The Labute approximate surface area is 121 Å². The van der Waals surface area contributed by atoms with Crippen LogP contribution in [-0.4, -0.2) is 10.4 Å². The van der Waals surface area contributed by atoms with Crippen molar-refractivity contribution < 1.29 is 0 Å². The molecule has 0 amide bonds. The lowest BCUT2D eigenvalue weighted by molar-refractivity contribution is 0.368. The van der Waals surface area contributed by atoms with E-state index in [1.165, 1.54) is 5.39 Å². The average Bonchev–Trinajstić information content (AvgIpc) is 2.37. The third-order valence-corrected chi connectivity index (χ3v) is 4.36. The lowest BCUT2D eigenvalue weighted by atomic mass is 9.88. The zero-order chi connectivity index (χ0) is 13.9. The van der Waals surface area contributed by atoms with Gasteiger partial charge in [-0.05, 0) is 36.8 Å². The van der Waals surface area contributed by atoms with Crippen LogP contribution in [0.4, 0.5) is 0 Å². The summed E-state index contributed by atoms with van der Waals surface area (Å²) in [6.07, 6.45) is 3.14. The molecular weight excluding hydrogens is 254 g/mol. The largest absolute Gasteiger partial charge is 0.253 e. The number of nitrogens with zero attached hydrogens (tertiary/aromatic N) is 1. The maximum atomic E-state index is 6.40. The Bertz CT molecular complexity index is 542. The summed E-state index contributed by atoms with van der Waals surface area (Å²) in [5, 5.41) is 1.43. The lowest BCUT2D eigenvalue weighted by Gasteiger charge is -2.24. The molecule has 19 heavy (non-hydrogen) atoms. The van der Waals surface area contributed by atoms with E-state index in [4.69, 9.17) is 16.6 Å². The van der Waals surface area contributed by atoms with E-state index in [-0.39, 0.29) is 10.8 Å². The van der Waals surface area contributed by atoms with Gasteiger partial charge in [0.15, 0.2) is 0 Å². The molecule has 0 spiro atoms. The molecule has 0 aliphatic carbocycles. The van der Waals surface area contributed by atoms with Gasteiger partial charge in [0.25, 0.3) is 0 Å². The molecule has 1 atom stereocenters. The zero-order valence-corrected chi connectivity index (χ0v) is 12.7. The molecular formula is C17H22ClN. The number of aryl methyl sites for hydroxylation is 1. The summed E-state index contributed by atoms with van der Waals surface area (Å²) < 4.78 is 0. The molecule has 1 aromatic carbocycles. The number of para-hydroxylation sites is 1. The second-order valence-corrected chi connectivity index (χ2v) is 6.75. The van der Waals surface area contributed by atoms with E-state index >= 15 is 0 Å². The van der Waals surface area contributed by atoms with Crippen molar-refractivity contribution in [3.63, 3.8) is 0 Å². The number of benzene rings is 1. The summed E-state index contributed by atoms with van der Waals surface area (Å²) in [6, 6.07) is 12.5. The highest BCUT2D eigenvalue weighted by molar-refractivity contribution is 6.21. The summed E-state index contributed by atoms with van der Waals surface area (Å²) in [6.45, 7) is 6.58. The second-order valence-electron chi connectivity index (χ2n) is 6.22. The van der Waals surface area contributed by atoms with Crippen LogP contribution in [0.15, 0.2) is 36.4 Å². The fourth-order valence-electron chi connectivity index (χ4n) is 2.14. The monoisotopic (exact) mass is 275 g/mol. The fourth-order valence-corrected chi connectivity index (χ4v) is 2.30. The van der Waals surface area contributed by atoms with Crippen molar-refractivity contribution >= 4 is 22.5 Å². The van der Waals surface area contributed by atoms with Crippen LogP contribution in [0.3, 0.4) is 0 Å². The molecule has 0 aliphatic rings. The first-order valence-corrected chi connectivity index (χ1v) is 7.39. The Balaban J connectivity index is 1.95. The van der Waals surface area contributed by atoms with E-state index in [0.717, 1.165) is 30.5 Å². The molecule has 1 aromatic heterocycles. The van der Waals surface area contributed by atoms with Gasteiger partial charge < -0.3 is 0 Å². The number of alkyl halides is 1. The molecule has 2 aromatic rings. The van der Waals surface area contributed by atoms with Crippen LogP contribution in [0.2, 0.25) is 0 Å². The normalized spacial score (nSPS) is 13.7. The Morgan fingerprint density at radius 1 is 1.11 bits per heavy atom. The maximum absolute atomic E-state index is 6.40. The minimum Gasteiger partial charge on any atom is -0.253 e. The van der Waals surface area contributed by atoms with Gasteiger partial charge in [-0.3, -0.25) is 4.98 Å². The van der Waals surface area contributed by atoms with E-state index in [1.807, 2.05) is 12.1 Å². The van der Waals surface area contributed by atoms with Crippen molar-refractivity contribution in [2.75, 3.05) is 0 Å². The molecule has 2 heteroatoms. The van der Waals surface area contributed by atoms with Crippen molar-refractivity contribution in [2.24, 2.45) is 5.41 Å². The van der Waals surface area contributed by atoms with E-state index < -0.39 is 0 Å². The number of rotatable bonds is 4. The van der Waals surface area contributed by atoms with Crippen LogP contribution in [0.5, 0.6) is 0 Å². The van der Waals surface area contributed by atoms with Gasteiger partial charge in [-0.25, -0.2) is 0 Å². The fraction of sp³-hybridized carbons (Fsp3) is 0.471. The van der Waals surface area contributed by atoms with Crippen molar-refractivity contribution in [2.45, 2.75) is 45.4 Å². The standard InChI is InChI=1S/C17H22ClN/c1-17(2,3)16(18)10-6-8-14-12-11-13-7-4-5-9-15(13)19-14/h4-5,7,9,11-12,16H,6,8,10H2,1-3H3. The van der Waals surface area contributed by atoms with Gasteiger partial charge in [-0.2, -0.15) is 0 Å². The van der Waals surface area contributed by atoms with E-state index in [9.17, 15) is 0 Å². The predicted molar refractivity (Wildman–Crippen MR) is 83.8 cm³/mol. The smallest absolute Gasteiger partial charge is 0.0705 e. The molecule has 1 unspecified atom stereocenters. The first kappa shape index (κ1) is 14.3. The van der Waals surface area contributed by atoms with E-state index in [1.54, 1.807) is 0 Å². The van der Waals surface area contributed by atoms with Gasteiger partial charge in [0.2, 0.25) is 0 Å². The highest BCUT2D eigenvalue weighted by Gasteiger charge is 2.21. The van der Waals surface area contributed by atoms with Crippen LogP contribution in [0.1, 0.15) is 39.3 Å². The third-order valence-electron chi connectivity index (χ3n) is 3.49. The molecule has 0 fully saturated rings. The SMILES string of the molecule is CC(C)(C)C(Cl)CCCc1ccc2ccccc2n1. The van der Waals surface area contributed by atoms with Crippen molar-refractivity contribution in [1.29, 1.82) is 0 Å². The lowest BCUT2D eigenvalue weighted by Crippen LogP contribution is -2.20. The molecule has 0 aliphatic heterocycles. The van der Waals surface area contributed by atoms with Crippen LogP contribution in [0.25, 0.3) is 10.9 Å². The van der Waals surface area contributed by atoms with Gasteiger partial charge in [0.05, 0.1) is 5.52 Å². The van der Waals surface area contributed by atoms with Crippen LogP contribution in [0, 0.1) is 5.41 Å². The summed E-state index contributed by atoms with van der Waals surface area (Å²) in [5.41, 5.74) is 2.42. The average molecular weight is 276 g/mol. The van der Waals surface area contributed by atoms with Gasteiger partial charge in [0, 0.05) is 16.5 Å². The maximum Gasteiger partial charge on any atom is 0.0705 e. The van der Waals surface area contributed by atoms with Gasteiger partial charge in [0.1, 0.15) is 0 Å². The second kappa shape index (κ2) is 5.92. The Hall–Kier alpha value is -1.08. The highest BCUT2D eigenvalue weighted by Crippen LogP contribution is 2.28.